The molecule has 1 rings (SSSR count). The third-order valence-corrected chi connectivity index (χ3v) is 3.74. The maximum absolute atomic E-state index is 10.8. The van der Waals surface area contributed by atoms with Gasteiger partial charge in [0.1, 0.15) is 5.03 Å². The number of nitrogens with zero attached hydrogens (tertiary/aromatic N) is 1. The van der Waals surface area contributed by atoms with E-state index < -0.39 is 0 Å². The molecule has 0 saturated heterocycles. The summed E-state index contributed by atoms with van der Waals surface area (Å²) in [6, 6.07) is 5.79. The number of pyridine rings is 1. The fourth-order valence-corrected chi connectivity index (χ4v) is 2.59. The summed E-state index contributed by atoms with van der Waals surface area (Å²) in [5.74, 6) is 0.728. The Morgan fingerprint density at radius 2 is 2.40 bits per heavy atom. The molecular weight excluding hydrogens is 230 g/mol. The Morgan fingerprint density at radius 1 is 1.53 bits per heavy atom. The van der Waals surface area contributed by atoms with Crippen molar-refractivity contribution in [3.05, 3.63) is 24.4 Å². The third kappa shape index (κ3) is 5.66. The van der Waals surface area contributed by atoms with Crippen molar-refractivity contribution in [2.45, 2.75) is 5.03 Å². The van der Waals surface area contributed by atoms with E-state index in [1.807, 2.05) is 18.2 Å². The molecule has 1 aromatic rings. The largest absolute Gasteiger partial charge is 0.354 e. The summed E-state index contributed by atoms with van der Waals surface area (Å²) in [6.45, 7) is 0.693. The standard InChI is InChI=1S/C9H13N3OS2/c10-7-8(13)11-5-6-14-15-9-3-1-2-4-12-9/h1-4H,5-7,10H2,(H,11,13). The molecule has 0 aliphatic rings. The van der Waals surface area contributed by atoms with Gasteiger partial charge in [-0.15, -0.1) is 0 Å². The Bertz CT molecular complexity index is 295. The van der Waals surface area contributed by atoms with Gasteiger partial charge in [-0.05, 0) is 22.9 Å². The number of amides is 1. The monoisotopic (exact) mass is 243 g/mol. The zero-order valence-corrected chi connectivity index (χ0v) is 9.81. The van der Waals surface area contributed by atoms with Gasteiger partial charge in [0, 0.05) is 18.5 Å². The number of hydrogen-bond acceptors (Lipinski definition) is 5. The minimum atomic E-state index is -0.113. The van der Waals surface area contributed by atoms with E-state index in [0.29, 0.717) is 6.54 Å². The number of carbonyl (C=O) groups is 1. The van der Waals surface area contributed by atoms with Crippen LogP contribution >= 0.6 is 21.6 Å². The molecule has 0 aromatic carbocycles. The summed E-state index contributed by atoms with van der Waals surface area (Å²) in [6.07, 6.45) is 1.76. The second-order valence-corrected chi connectivity index (χ2v) is 5.06. The normalized spacial score (nSPS) is 9.93. The smallest absolute Gasteiger partial charge is 0.233 e. The molecule has 0 saturated carbocycles. The third-order valence-electron chi connectivity index (χ3n) is 1.48. The van der Waals surface area contributed by atoms with E-state index in [2.05, 4.69) is 10.3 Å². The highest BCUT2D eigenvalue weighted by Crippen LogP contribution is 2.28. The van der Waals surface area contributed by atoms with E-state index in [4.69, 9.17) is 5.73 Å². The van der Waals surface area contributed by atoms with Crippen LogP contribution < -0.4 is 11.1 Å². The lowest BCUT2D eigenvalue weighted by molar-refractivity contribution is -0.119. The first-order chi connectivity index (χ1) is 7.33. The maximum Gasteiger partial charge on any atom is 0.233 e. The van der Waals surface area contributed by atoms with Crippen LogP contribution in [0, 0.1) is 0 Å². The van der Waals surface area contributed by atoms with E-state index in [9.17, 15) is 4.79 Å². The minimum Gasteiger partial charge on any atom is -0.354 e. The summed E-state index contributed by atoms with van der Waals surface area (Å²) < 4.78 is 0. The Hall–Kier alpha value is -0.720. The highest BCUT2D eigenvalue weighted by Gasteiger charge is 1.97. The van der Waals surface area contributed by atoms with E-state index in [0.717, 1.165) is 10.8 Å². The number of nitrogens with two attached hydrogens (primary N) is 1. The summed E-state index contributed by atoms with van der Waals surface area (Å²) >= 11 is 0. The molecule has 1 heterocycles. The average molecular weight is 243 g/mol. The van der Waals surface area contributed by atoms with Crippen molar-refractivity contribution in [3.8, 4) is 0 Å². The number of nitrogens with one attached hydrogen (secondary N) is 1. The molecule has 6 heteroatoms. The second-order valence-electron chi connectivity index (χ2n) is 2.63. The van der Waals surface area contributed by atoms with Crippen molar-refractivity contribution in [2.24, 2.45) is 5.73 Å². The Labute approximate surface area is 96.8 Å². The van der Waals surface area contributed by atoms with Crippen molar-refractivity contribution in [1.29, 1.82) is 0 Å². The van der Waals surface area contributed by atoms with Crippen LogP contribution in [0.1, 0.15) is 0 Å². The summed E-state index contributed by atoms with van der Waals surface area (Å²) in [7, 11) is 3.26. The fourth-order valence-electron chi connectivity index (χ4n) is 0.803. The predicted molar refractivity (Wildman–Crippen MR) is 64.6 cm³/mol. The summed E-state index contributed by atoms with van der Waals surface area (Å²) in [4.78, 5) is 14.9. The van der Waals surface area contributed by atoms with Crippen LogP contribution in [0.25, 0.3) is 0 Å². The van der Waals surface area contributed by atoms with Crippen LogP contribution in [-0.4, -0.2) is 29.7 Å². The molecule has 15 heavy (non-hydrogen) atoms. The lowest BCUT2D eigenvalue weighted by Gasteiger charge is -2.02. The molecule has 3 N–H and O–H groups in total. The molecule has 1 aromatic heterocycles. The average Bonchev–Trinajstić information content (AvgIpc) is 2.29. The van der Waals surface area contributed by atoms with E-state index >= 15 is 0 Å². The molecule has 1 amide bonds. The zero-order chi connectivity index (χ0) is 10.9. The topological polar surface area (TPSA) is 68.0 Å². The molecular formula is C9H13N3OS2. The van der Waals surface area contributed by atoms with Gasteiger partial charge in [-0.1, -0.05) is 16.9 Å². The first-order valence-electron chi connectivity index (χ1n) is 4.50. The summed E-state index contributed by atoms with van der Waals surface area (Å²) in [5.41, 5.74) is 5.14. The molecule has 0 aliphatic heterocycles. The van der Waals surface area contributed by atoms with Gasteiger partial charge >= 0.3 is 0 Å². The summed E-state index contributed by atoms with van der Waals surface area (Å²) in [5, 5.41) is 3.68. The van der Waals surface area contributed by atoms with Gasteiger partial charge in [0.05, 0.1) is 6.54 Å². The first-order valence-corrected chi connectivity index (χ1v) is 6.82. The van der Waals surface area contributed by atoms with Gasteiger partial charge < -0.3 is 11.1 Å². The highest BCUT2D eigenvalue weighted by atomic mass is 33.1. The van der Waals surface area contributed by atoms with Crippen molar-refractivity contribution in [1.82, 2.24) is 10.3 Å². The van der Waals surface area contributed by atoms with Crippen molar-refractivity contribution in [2.75, 3.05) is 18.8 Å². The van der Waals surface area contributed by atoms with Gasteiger partial charge in [-0.3, -0.25) is 4.79 Å². The van der Waals surface area contributed by atoms with E-state index in [1.54, 1.807) is 27.8 Å². The highest BCUT2D eigenvalue weighted by molar-refractivity contribution is 8.76. The lowest BCUT2D eigenvalue weighted by atomic mass is 10.5. The van der Waals surface area contributed by atoms with Gasteiger partial charge in [0.15, 0.2) is 0 Å². The molecule has 0 spiro atoms. The molecule has 82 valence electrons. The molecule has 0 radical (unpaired) electrons. The predicted octanol–water partition coefficient (Wildman–Crippen LogP) is 0.897. The lowest BCUT2D eigenvalue weighted by Crippen LogP contribution is -2.31. The van der Waals surface area contributed by atoms with Gasteiger partial charge in [0.2, 0.25) is 5.91 Å². The van der Waals surface area contributed by atoms with Gasteiger partial charge in [-0.2, -0.15) is 0 Å². The number of hydrogen-bond donors (Lipinski definition) is 2. The molecule has 0 unspecified atom stereocenters. The second kappa shape index (κ2) is 7.56. The fraction of sp³-hybridized carbons (Fsp3) is 0.333. The van der Waals surface area contributed by atoms with Crippen molar-refractivity contribution in [3.63, 3.8) is 0 Å². The quantitative estimate of drug-likeness (QED) is 0.574. The molecule has 0 atom stereocenters. The molecule has 0 fully saturated rings. The van der Waals surface area contributed by atoms with Crippen LogP contribution in [0.2, 0.25) is 0 Å². The van der Waals surface area contributed by atoms with Crippen molar-refractivity contribution < 1.29 is 4.79 Å². The van der Waals surface area contributed by atoms with E-state index in [1.165, 1.54) is 0 Å². The Morgan fingerprint density at radius 3 is 3.07 bits per heavy atom. The minimum absolute atomic E-state index is 0.0536. The molecule has 4 nitrogen and oxygen atoms in total. The Balaban J connectivity index is 2.05. The first kappa shape index (κ1) is 12.4. The van der Waals surface area contributed by atoms with Crippen LogP contribution in [0.3, 0.4) is 0 Å². The van der Waals surface area contributed by atoms with Crippen LogP contribution in [0.5, 0.6) is 0 Å². The van der Waals surface area contributed by atoms with Crippen molar-refractivity contribution >= 4 is 27.5 Å². The SMILES string of the molecule is NCC(=O)NCCSSc1ccccn1. The number of carbonyl (C=O) groups excluding carboxylic acids is 1. The van der Waals surface area contributed by atoms with Crippen LogP contribution in [0.4, 0.5) is 0 Å². The molecule has 0 bridgehead atoms. The van der Waals surface area contributed by atoms with Crippen LogP contribution in [-0.2, 0) is 4.79 Å². The zero-order valence-electron chi connectivity index (χ0n) is 8.18. The Kier molecular flexibility index (Phi) is 6.22. The maximum atomic E-state index is 10.8. The van der Waals surface area contributed by atoms with Crippen LogP contribution in [0.15, 0.2) is 29.4 Å². The number of rotatable bonds is 6. The molecule has 0 aliphatic carbocycles. The number of aromatic nitrogens is 1. The van der Waals surface area contributed by atoms with Gasteiger partial charge in [-0.25, -0.2) is 4.98 Å². The van der Waals surface area contributed by atoms with E-state index in [-0.39, 0.29) is 12.5 Å². The van der Waals surface area contributed by atoms with Gasteiger partial charge in [0.25, 0.3) is 0 Å².